The van der Waals surface area contributed by atoms with Gasteiger partial charge in [-0.2, -0.15) is 0 Å². The van der Waals surface area contributed by atoms with E-state index in [2.05, 4.69) is 374 Å². The molecule has 0 spiro atoms. The van der Waals surface area contributed by atoms with Crippen molar-refractivity contribution in [2.75, 3.05) is 4.90 Å². The van der Waals surface area contributed by atoms with Crippen LogP contribution in [0.15, 0.2) is 302 Å². The summed E-state index contributed by atoms with van der Waals surface area (Å²) in [6.45, 7) is 34.0. The van der Waals surface area contributed by atoms with Gasteiger partial charge in [0.2, 0.25) is 0 Å². The van der Waals surface area contributed by atoms with Gasteiger partial charge < -0.3 is 4.90 Å². The third kappa shape index (κ3) is 10.2. The fourth-order valence-corrected chi connectivity index (χ4v) is 19.1. The number of aryl methyl sites for hydroxylation is 1. The van der Waals surface area contributed by atoms with Crippen LogP contribution in [0.1, 0.15) is 153 Å². The summed E-state index contributed by atoms with van der Waals surface area (Å²) in [4.78, 5) is 2.46. The lowest BCUT2D eigenvalue weighted by Crippen LogP contribution is -2.24. The number of hydrogen-bond donors (Lipinski definition) is 0. The summed E-state index contributed by atoms with van der Waals surface area (Å²) < 4.78 is 0. The minimum atomic E-state index is -0.184. The molecule has 0 saturated carbocycles. The Morgan fingerprint density at radius 2 is 0.811 bits per heavy atom. The van der Waals surface area contributed by atoms with Gasteiger partial charge in [-0.3, -0.25) is 0 Å². The average molecular weight is 1370 g/mol. The summed E-state index contributed by atoms with van der Waals surface area (Å²) in [5.41, 5.74) is 32.5. The van der Waals surface area contributed by atoms with Crippen LogP contribution >= 0.6 is 0 Å². The van der Waals surface area contributed by atoms with Crippen molar-refractivity contribution in [3.05, 3.63) is 358 Å². The van der Waals surface area contributed by atoms with Gasteiger partial charge in [0.15, 0.2) is 0 Å². The van der Waals surface area contributed by atoms with Gasteiger partial charge in [-0.25, -0.2) is 0 Å². The minimum absolute atomic E-state index is 0.0362. The van der Waals surface area contributed by atoms with Crippen molar-refractivity contribution in [1.29, 1.82) is 0 Å². The van der Waals surface area contributed by atoms with Gasteiger partial charge in [-0.1, -0.05) is 304 Å². The third-order valence-electron chi connectivity index (χ3n) is 24.8. The third-order valence-corrected chi connectivity index (χ3v) is 24.8. The van der Waals surface area contributed by atoms with Crippen LogP contribution in [-0.2, 0) is 21.7 Å². The molecule has 16 aromatic carbocycles. The molecule has 0 aromatic heterocycles. The molecule has 0 bridgehead atoms. The number of fused-ring (bicyclic) bond motifs is 17. The Kier molecular flexibility index (Phi) is 16.3. The Morgan fingerprint density at radius 1 is 0.311 bits per heavy atom. The lowest BCUT2D eigenvalue weighted by molar-refractivity contribution is 0.645. The van der Waals surface area contributed by atoms with Crippen LogP contribution in [0.5, 0.6) is 0 Å². The summed E-state index contributed by atoms with van der Waals surface area (Å²) in [5.74, 6) is 0. The quantitative estimate of drug-likeness (QED) is 0.0911. The van der Waals surface area contributed by atoms with Crippen molar-refractivity contribution in [3.63, 3.8) is 0 Å². The number of allylic oxidation sites excluding steroid dienone is 8. The summed E-state index contributed by atoms with van der Waals surface area (Å²) in [5, 5.41) is 19.2. The van der Waals surface area contributed by atoms with E-state index in [1.54, 1.807) is 0 Å². The molecule has 20 rings (SSSR count). The van der Waals surface area contributed by atoms with Crippen molar-refractivity contribution >= 4 is 98.0 Å². The summed E-state index contributed by atoms with van der Waals surface area (Å²) in [6, 6.07) is 97.7. The SMILES string of the molecule is C/C=C(C)/C=C\C(C)=C(\C)c1ccccc1C.C/C=C\C.CC1(C)c2ccccc2-c2c1cc1c3c(c4cccc5ccc2c1c54)-c1c(ccc2ccccc12)C3(C)C.CC1(C)c2ccccc2-c2c1cc1cc3c4c(cc(N(c5ccccc5)c5ccccc5)c5ccc2c1c54)C(C)(C)c1ccccc1-3. The van der Waals surface area contributed by atoms with Crippen LogP contribution in [0.4, 0.5) is 17.1 Å². The molecule has 16 aromatic rings. The molecule has 0 radical (unpaired) electrons. The van der Waals surface area contributed by atoms with Gasteiger partial charge in [0.1, 0.15) is 0 Å². The number of para-hydroxylation sites is 2. The highest BCUT2D eigenvalue weighted by Gasteiger charge is 2.44. The van der Waals surface area contributed by atoms with E-state index in [4.69, 9.17) is 0 Å². The van der Waals surface area contributed by atoms with Gasteiger partial charge >= 0.3 is 0 Å². The first kappa shape index (κ1) is 67.8. The molecule has 4 aliphatic rings. The monoisotopic (exact) mass is 1370 g/mol. The second kappa shape index (κ2) is 25.5. The Bertz CT molecular complexity index is 6330. The Hall–Kier alpha value is -11.4. The van der Waals surface area contributed by atoms with Crippen molar-refractivity contribution in [1.82, 2.24) is 0 Å². The number of anilines is 3. The molecule has 1 nitrogen and oxygen atoms in total. The lowest BCUT2D eigenvalue weighted by Gasteiger charge is -2.38. The Labute approximate surface area is 626 Å². The van der Waals surface area contributed by atoms with Crippen LogP contribution in [0, 0.1) is 6.92 Å². The molecule has 0 unspecified atom stereocenters. The van der Waals surface area contributed by atoms with Gasteiger partial charge in [0.05, 0.1) is 5.69 Å². The van der Waals surface area contributed by atoms with Crippen molar-refractivity contribution < 1.29 is 0 Å². The molecule has 0 aliphatic heterocycles. The predicted molar refractivity (Wildman–Crippen MR) is 461 cm³/mol. The fourth-order valence-electron chi connectivity index (χ4n) is 19.1. The van der Waals surface area contributed by atoms with Crippen molar-refractivity contribution in [2.45, 2.75) is 126 Å². The van der Waals surface area contributed by atoms with Crippen LogP contribution in [0.2, 0.25) is 0 Å². The molecule has 0 atom stereocenters. The van der Waals surface area contributed by atoms with Gasteiger partial charge in [-0.05, 0) is 273 Å². The maximum Gasteiger partial charge on any atom is 0.0543 e. The maximum atomic E-state index is 2.58. The molecule has 106 heavy (non-hydrogen) atoms. The average Bonchev–Trinajstić information content (AvgIpc) is 1.37. The van der Waals surface area contributed by atoms with Crippen LogP contribution < -0.4 is 4.90 Å². The van der Waals surface area contributed by atoms with Crippen LogP contribution in [-0.4, -0.2) is 0 Å². The molecule has 1 heteroatoms. The molecular weight excluding hydrogens is 1280 g/mol. The summed E-state index contributed by atoms with van der Waals surface area (Å²) in [6.07, 6.45) is 10.5. The largest absolute Gasteiger partial charge is 0.310 e. The molecular formula is C105H93N. The molecule has 0 N–H and O–H groups in total. The van der Waals surface area contributed by atoms with Gasteiger partial charge in [0, 0.05) is 43.8 Å². The van der Waals surface area contributed by atoms with E-state index in [1.807, 2.05) is 26.0 Å². The highest BCUT2D eigenvalue weighted by molar-refractivity contribution is 6.34. The van der Waals surface area contributed by atoms with Gasteiger partial charge in [-0.15, -0.1) is 0 Å². The van der Waals surface area contributed by atoms with Crippen molar-refractivity contribution in [3.8, 4) is 44.5 Å². The summed E-state index contributed by atoms with van der Waals surface area (Å²) in [7, 11) is 0. The molecule has 0 heterocycles. The van der Waals surface area contributed by atoms with E-state index in [9.17, 15) is 0 Å². The second-order valence-corrected chi connectivity index (χ2v) is 32.2. The zero-order chi connectivity index (χ0) is 73.5. The van der Waals surface area contributed by atoms with E-state index in [1.165, 1.54) is 198 Å². The van der Waals surface area contributed by atoms with E-state index >= 15 is 0 Å². The Morgan fingerprint density at radius 3 is 1.45 bits per heavy atom. The van der Waals surface area contributed by atoms with E-state index in [0.29, 0.717) is 0 Å². The molecule has 0 fully saturated rings. The highest BCUT2D eigenvalue weighted by Crippen LogP contribution is 2.63. The molecule has 0 amide bonds. The van der Waals surface area contributed by atoms with Gasteiger partial charge in [0.25, 0.3) is 0 Å². The number of nitrogens with zero attached hydrogens (tertiary/aromatic N) is 1. The number of rotatable bonds is 6. The lowest BCUT2D eigenvalue weighted by atomic mass is 9.67. The first-order chi connectivity index (χ1) is 51.2. The van der Waals surface area contributed by atoms with Crippen LogP contribution in [0.25, 0.3) is 125 Å². The van der Waals surface area contributed by atoms with E-state index in [-0.39, 0.29) is 21.7 Å². The molecule has 4 aliphatic carbocycles. The predicted octanol–water partition coefficient (Wildman–Crippen LogP) is 29.9. The zero-order valence-electron chi connectivity index (χ0n) is 64.2. The van der Waals surface area contributed by atoms with E-state index < -0.39 is 0 Å². The zero-order valence-corrected chi connectivity index (χ0v) is 64.2. The first-order valence-electron chi connectivity index (χ1n) is 38.2. The Balaban J connectivity index is 0.000000125. The highest BCUT2D eigenvalue weighted by atomic mass is 15.1. The maximum absolute atomic E-state index is 2.58. The normalized spacial score (nSPS) is 15.2. The van der Waals surface area contributed by atoms with Crippen LogP contribution in [0.3, 0.4) is 0 Å². The van der Waals surface area contributed by atoms with Crippen molar-refractivity contribution in [2.24, 2.45) is 0 Å². The first-order valence-corrected chi connectivity index (χ1v) is 38.2. The number of benzene rings is 16. The molecule has 518 valence electrons. The minimum Gasteiger partial charge on any atom is -0.310 e. The number of hydrogen-bond acceptors (Lipinski definition) is 1. The standard InChI is InChI=1S/C46H35N.C38H28.C17H22.C4H8/c1-45(2)36-21-13-11-19-31(36)35-25-28-26-38-42(32-20-12-14-22-37(32)46(38,3)4)34-24-23-33-40(27-39(45)43(35)44(33)41(28)34)47(29-15-7-5-8-16-29)30-17-9-6-10-18-30;1-37(2)28-15-8-7-13-24(28)32-26-18-16-22-11-9-14-25-31(22)33(26)27(20-30(32)37)36-35(25)34-23-12-6-5-10-21(23)17-19-29(34)38(36,3)4;1-6-13(2)11-12-14(3)16(5)17-10-8-7-9-15(17)4;1-3-4-2/h5-27H,1-4H3;5-20H,1-4H3;6-12H,1-5H3;3-4H,1-2H3/b;;12-11-,13-6+,16-14-;4-3-. The summed E-state index contributed by atoms with van der Waals surface area (Å²) >= 11 is 0. The fraction of sp³-hybridized carbons (Fsp3) is 0.181. The second-order valence-electron chi connectivity index (χ2n) is 32.2. The molecule has 0 saturated heterocycles. The smallest absolute Gasteiger partial charge is 0.0543 e. The topological polar surface area (TPSA) is 3.24 Å². The van der Waals surface area contributed by atoms with E-state index in [0.717, 1.165) is 11.4 Å².